The zero-order valence-electron chi connectivity index (χ0n) is 18.2. The lowest BCUT2D eigenvalue weighted by Gasteiger charge is -2.34. The minimum absolute atomic E-state index is 0.120. The topological polar surface area (TPSA) is 46.5 Å². The fourth-order valence-electron chi connectivity index (χ4n) is 3.80. The molecule has 0 bridgehead atoms. The quantitative estimate of drug-likeness (QED) is 0.744. The number of halogens is 1. The summed E-state index contributed by atoms with van der Waals surface area (Å²) < 4.78 is 23.8. The summed E-state index contributed by atoms with van der Waals surface area (Å²) in [6, 6.07) is 10.5. The van der Waals surface area contributed by atoms with Crippen LogP contribution in [0.5, 0.6) is 11.5 Å². The number of ether oxygens (including phenoxy) is 2. The number of anilines is 1. The molecular weight excluding hydrogens is 385 g/mol. The smallest absolute Gasteiger partial charge is 0.277 e. The van der Waals surface area contributed by atoms with E-state index < -0.39 is 0 Å². The molecule has 1 aliphatic heterocycles. The second kappa shape index (κ2) is 9.80. The summed E-state index contributed by atoms with van der Waals surface area (Å²) in [6.07, 6.45) is 0. The SMILES string of the molecule is COc1cc(C)c(CN(C)C(=O)C[NH+]2CCN(c3ccc(F)cc3)CC2)cc1OC. The summed E-state index contributed by atoms with van der Waals surface area (Å²) in [7, 11) is 5.07. The molecule has 6 nitrogen and oxygen atoms in total. The first kappa shape index (κ1) is 21.9. The molecule has 3 rings (SSSR count). The molecule has 0 aromatic heterocycles. The third-order valence-electron chi connectivity index (χ3n) is 5.74. The lowest BCUT2D eigenvalue weighted by molar-refractivity contribution is -0.892. The van der Waals surface area contributed by atoms with Crippen molar-refractivity contribution in [2.45, 2.75) is 13.5 Å². The van der Waals surface area contributed by atoms with Gasteiger partial charge in [0, 0.05) is 19.3 Å². The Morgan fingerprint density at radius 3 is 2.30 bits per heavy atom. The second-order valence-electron chi connectivity index (χ2n) is 7.77. The van der Waals surface area contributed by atoms with Crippen molar-refractivity contribution in [1.82, 2.24) is 4.90 Å². The zero-order chi connectivity index (χ0) is 21.7. The molecule has 2 aromatic rings. The fourth-order valence-corrected chi connectivity index (χ4v) is 3.80. The Morgan fingerprint density at radius 1 is 1.10 bits per heavy atom. The Hall–Kier alpha value is -2.80. The maximum absolute atomic E-state index is 13.1. The van der Waals surface area contributed by atoms with Gasteiger partial charge in [0.05, 0.1) is 40.4 Å². The van der Waals surface area contributed by atoms with Crippen LogP contribution in [0.3, 0.4) is 0 Å². The molecule has 7 heteroatoms. The molecule has 0 spiro atoms. The van der Waals surface area contributed by atoms with Crippen molar-refractivity contribution < 1.29 is 23.6 Å². The second-order valence-corrected chi connectivity index (χ2v) is 7.77. The minimum Gasteiger partial charge on any atom is -0.493 e. The number of hydrogen-bond donors (Lipinski definition) is 1. The van der Waals surface area contributed by atoms with Crippen LogP contribution in [-0.2, 0) is 11.3 Å². The van der Waals surface area contributed by atoms with Gasteiger partial charge in [0.2, 0.25) is 0 Å². The van der Waals surface area contributed by atoms with Crippen LogP contribution in [0.15, 0.2) is 36.4 Å². The molecule has 1 heterocycles. The molecule has 1 fully saturated rings. The van der Waals surface area contributed by atoms with E-state index in [0.717, 1.165) is 43.0 Å². The molecule has 162 valence electrons. The standard InChI is InChI=1S/C23H30FN3O3/c1-17-13-21(29-3)22(30-4)14-18(17)15-25(2)23(28)16-26-9-11-27(12-10-26)20-7-5-19(24)6-8-20/h5-8,13-14H,9-12,15-16H2,1-4H3/p+1. The average Bonchev–Trinajstić information content (AvgIpc) is 2.75. The van der Waals surface area contributed by atoms with Crippen LogP contribution in [0.4, 0.5) is 10.1 Å². The monoisotopic (exact) mass is 416 g/mol. The number of quaternary nitrogens is 1. The summed E-state index contributed by atoms with van der Waals surface area (Å²) in [5.41, 5.74) is 3.13. The Bertz CT molecular complexity index is 865. The largest absolute Gasteiger partial charge is 0.493 e. The Kier molecular flexibility index (Phi) is 7.15. The number of piperazine rings is 1. The van der Waals surface area contributed by atoms with Crippen molar-refractivity contribution in [2.24, 2.45) is 0 Å². The third-order valence-corrected chi connectivity index (χ3v) is 5.74. The van der Waals surface area contributed by atoms with Gasteiger partial charge in [-0.1, -0.05) is 0 Å². The van der Waals surface area contributed by atoms with Crippen LogP contribution in [-0.4, -0.2) is 64.8 Å². The molecule has 0 atom stereocenters. The maximum atomic E-state index is 13.1. The summed E-state index contributed by atoms with van der Waals surface area (Å²) in [4.78, 5) is 18.1. The van der Waals surface area contributed by atoms with E-state index in [4.69, 9.17) is 9.47 Å². The molecule has 0 radical (unpaired) electrons. The van der Waals surface area contributed by atoms with Crippen molar-refractivity contribution in [3.8, 4) is 11.5 Å². The minimum atomic E-state index is -0.221. The fraction of sp³-hybridized carbons (Fsp3) is 0.435. The van der Waals surface area contributed by atoms with E-state index in [2.05, 4.69) is 4.90 Å². The summed E-state index contributed by atoms with van der Waals surface area (Å²) in [6.45, 7) is 6.48. The number of nitrogens with one attached hydrogen (secondary N) is 1. The van der Waals surface area contributed by atoms with Crippen LogP contribution in [0.25, 0.3) is 0 Å². The highest BCUT2D eigenvalue weighted by molar-refractivity contribution is 5.76. The average molecular weight is 417 g/mol. The van der Waals surface area contributed by atoms with Gasteiger partial charge in [-0.3, -0.25) is 4.79 Å². The molecule has 1 aliphatic rings. The van der Waals surface area contributed by atoms with E-state index in [1.54, 1.807) is 19.1 Å². The summed E-state index contributed by atoms with van der Waals surface area (Å²) >= 11 is 0. The number of hydrogen-bond acceptors (Lipinski definition) is 4. The number of benzene rings is 2. The normalized spacial score (nSPS) is 14.5. The molecule has 30 heavy (non-hydrogen) atoms. The van der Waals surface area contributed by atoms with Gasteiger partial charge in [0.15, 0.2) is 18.0 Å². The zero-order valence-corrected chi connectivity index (χ0v) is 18.2. The number of amides is 1. The van der Waals surface area contributed by atoms with Crippen molar-refractivity contribution in [2.75, 3.05) is 58.9 Å². The van der Waals surface area contributed by atoms with E-state index in [-0.39, 0.29) is 11.7 Å². The Balaban J connectivity index is 1.53. The van der Waals surface area contributed by atoms with Gasteiger partial charge in [-0.2, -0.15) is 0 Å². The lowest BCUT2D eigenvalue weighted by atomic mass is 10.1. The van der Waals surface area contributed by atoms with Crippen LogP contribution < -0.4 is 19.3 Å². The van der Waals surface area contributed by atoms with Crippen LogP contribution in [0.1, 0.15) is 11.1 Å². The Morgan fingerprint density at radius 2 is 1.70 bits per heavy atom. The van der Waals surface area contributed by atoms with Gasteiger partial charge >= 0.3 is 0 Å². The van der Waals surface area contributed by atoms with E-state index in [1.165, 1.54) is 17.0 Å². The van der Waals surface area contributed by atoms with Crippen LogP contribution >= 0.6 is 0 Å². The van der Waals surface area contributed by atoms with Crippen molar-refractivity contribution >= 4 is 11.6 Å². The van der Waals surface area contributed by atoms with Crippen molar-refractivity contribution in [3.05, 3.63) is 53.3 Å². The number of aryl methyl sites for hydroxylation is 1. The molecule has 0 unspecified atom stereocenters. The van der Waals surface area contributed by atoms with Gasteiger partial charge in [0.1, 0.15) is 5.82 Å². The first-order valence-corrected chi connectivity index (χ1v) is 10.2. The number of carbonyl (C=O) groups excluding carboxylic acids is 1. The lowest BCUT2D eigenvalue weighted by Crippen LogP contribution is -3.15. The van der Waals surface area contributed by atoms with E-state index >= 15 is 0 Å². The highest BCUT2D eigenvalue weighted by Gasteiger charge is 2.24. The highest BCUT2D eigenvalue weighted by atomic mass is 19.1. The third kappa shape index (κ3) is 5.21. The molecule has 1 N–H and O–H groups in total. The number of methoxy groups -OCH3 is 2. The maximum Gasteiger partial charge on any atom is 0.277 e. The highest BCUT2D eigenvalue weighted by Crippen LogP contribution is 2.30. The molecule has 0 saturated carbocycles. The molecule has 1 amide bonds. The van der Waals surface area contributed by atoms with Crippen LogP contribution in [0, 0.1) is 12.7 Å². The molecule has 1 saturated heterocycles. The molecule has 0 aliphatic carbocycles. The number of rotatable bonds is 7. The number of carbonyl (C=O) groups is 1. The number of likely N-dealkylation sites (N-methyl/N-ethyl adjacent to an activating group) is 1. The predicted octanol–water partition coefficient (Wildman–Crippen LogP) is 1.51. The summed E-state index contributed by atoms with van der Waals surface area (Å²) in [5, 5.41) is 0. The van der Waals surface area contributed by atoms with Gasteiger partial charge in [-0.05, 0) is 54.4 Å². The van der Waals surface area contributed by atoms with Gasteiger partial charge in [-0.15, -0.1) is 0 Å². The summed E-state index contributed by atoms with van der Waals surface area (Å²) in [5.74, 6) is 1.26. The first-order valence-electron chi connectivity index (χ1n) is 10.2. The van der Waals surface area contributed by atoms with E-state index in [1.807, 2.05) is 38.2 Å². The molecule has 2 aromatic carbocycles. The van der Waals surface area contributed by atoms with Crippen molar-refractivity contribution in [1.29, 1.82) is 0 Å². The molecular formula is C23H31FN3O3+. The van der Waals surface area contributed by atoms with Crippen LogP contribution in [0.2, 0.25) is 0 Å². The van der Waals surface area contributed by atoms with E-state index in [0.29, 0.717) is 24.6 Å². The van der Waals surface area contributed by atoms with Gasteiger partial charge in [0.25, 0.3) is 5.91 Å². The first-order chi connectivity index (χ1) is 14.4. The predicted molar refractivity (Wildman–Crippen MR) is 115 cm³/mol. The number of nitrogens with zero attached hydrogens (tertiary/aromatic N) is 2. The Labute approximate surface area is 177 Å². The van der Waals surface area contributed by atoms with E-state index in [9.17, 15) is 9.18 Å². The van der Waals surface area contributed by atoms with Crippen molar-refractivity contribution in [3.63, 3.8) is 0 Å². The van der Waals surface area contributed by atoms with Gasteiger partial charge < -0.3 is 24.2 Å². The van der Waals surface area contributed by atoms with Gasteiger partial charge in [-0.25, -0.2) is 4.39 Å².